The third-order valence-electron chi connectivity index (χ3n) is 4.27. The Morgan fingerprint density at radius 1 is 1.15 bits per heavy atom. The molecular formula is C17H18FNO. The lowest BCUT2D eigenvalue weighted by Gasteiger charge is -2.24. The van der Waals surface area contributed by atoms with E-state index < -0.39 is 0 Å². The molecule has 0 aliphatic heterocycles. The number of rotatable bonds is 4. The molecule has 0 aromatic heterocycles. The molecule has 0 amide bonds. The fourth-order valence-electron chi connectivity index (χ4n) is 2.88. The zero-order chi connectivity index (χ0) is 14.2. The molecule has 1 unspecified atom stereocenters. The molecule has 2 aromatic carbocycles. The molecule has 2 nitrogen and oxygen atoms in total. The van der Waals surface area contributed by atoms with Crippen LogP contribution in [0.5, 0.6) is 5.75 Å². The van der Waals surface area contributed by atoms with Gasteiger partial charge in [0.25, 0.3) is 0 Å². The number of ether oxygens (including phenoxy) is 1. The zero-order valence-electron chi connectivity index (χ0n) is 11.5. The van der Waals surface area contributed by atoms with E-state index in [1.807, 2.05) is 24.3 Å². The van der Waals surface area contributed by atoms with Gasteiger partial charge in [0.1, 0.15) is 0 Å². The van der Waals surface area contributed by atoms with Crippen LogP contribution in [0.2, 0.25) is 0 Å². The lowest BCUT2D eigenvalue weighted by Crippen LogP contribution is -2.26. The molecule has 2 aromatic rings. The second-order valence-corrected chi connectivity index (χ2v) is 5.39. The highest BCUT2D eigenvalue weighted by molar-refractivity contribution is 5.40. The van der Waals surface area contributed by atoms with Crippen molar-refractivity contribution in [2.45, 2.75) is 24.3 Å². The summed E-state index contributed by atoms with van der Waals surface area (Å²) in [5, 5.41) is 0. The molecule has 0 saturated heterocycles. The minimum atomic E-state index is -0.357. The van der Waals surface area contributed by atoms with E-state index in [9.17, 15) is 4.39 Å². The fraction of sp³-hybridized carbons (Fsp3) is 0.294. The third-order valence-corrected chi connectivity index (χ3v) is 4.27. The number of benzene rings is 2. The molecule has 1 aliphatic rings. The van der Waals surface area contributed by atoms with Crippen LogP contribution in [-0.4, -0.2) is 7.11 Å². The Labute approximate surface area is 118 Å². The molecule has 1 aliphatic carbocycles. The number of methoxy groups -OCH3 is 1. The minimum Gasteiger partial charge on any atom is -0.494 e. The Morgan fingerprint density at radius 3 is 2.40 bits per heavy atom. The maximum atomic E-state index is 13.8. The third kappa shape index (κ3) is 2.08. The van der Waals surface area contributed by atoms with Crippen molar-refractivity contribution in [3.63, 3.8) is 0 Å². The van der Waals surface area contributed by atoms with E-state index in [2.05, 4.69) is 12.1 Å². The SMILES string of the molecule is COc1ccc(C(N)C2(c3ccccc3)CC2)cc1F. The van der Waals surface area contributed by atoms with E-state index in [-0.39, 0.29) is 23.0 Å². The lowest BCUT2D eigenvalue weighted by molar-refractivity contribution is 0.385. The summed E-state index contributed by atoms with van der Waals surface area (Å²) in [6.45, 7) is 0. The first-order valence-corrected chi connectivity index (χ1v) is 6.82. The average Bonchev–Trinajstić information content (AvgIpc) is 3.29. The smallest absolute Gasteiger partial charge is 0.165 e. The van der Waals surface area contributed by atoms with Gasteiger partial charge in [0.2, 0.25) is 0 Å². The summed E-state index contributed by atoms with van der Waals surface area (Å²) in [5.74, 6) is -0.102. The summed E-state index contributed by atoms with van der Waals surface area (Å²) in [6, 6.07) is 15.1. The van der Waals surface area contributed by atoms with Crippen molar-refractivity contribution >= 4 is 0 Å². The molecule has 0 radical (unpaired) electrons. The fourth-order valence-corrected chi connectivity index (χ4v) is 2.88. The van der Waals surface area contributed by atoms with Crippen molar-refractivity contribution in [3.05, 3.63) is 65.5 Å². The van der Waals surface area contributed by atoms with Gasteiger partial charge in [-0.2, -0.15) is 0 Å². The highest BCUT2D eigenvalue weighted by Gasteiger charge is 2.49. The normalized spacial score (nSPS) is 17.6. The van der Waals surface area contributed by atoms with Crippen molar-refractivity contribution in [2.24, 2.45) is 5.73 Å². The number of hydrogen-bond donors (Lipinski definition) is 1. The maximum Gasteiger partial charge on any atom is 0.165 e. The predicted octanol–water partition coefficient (Wildman–Crippen LogP) is 3.57. The molecule has 1 fully saturated rings. The lowest BCUT2D eigenvalue weighted by atomic mass is 9.84. The van der Waals surface area contributed by atoms with Gasteiger partial charge in [-0.3, -0.25) is 0 Å². The van der Waals surface area contributed by atoms with Crippen LogP contribution in [0, 0.1) is 5.82 Å². The van der Waals surface area contributed by atoms with Gasteiger partial charge in [-0.25, -0.2) is 4.39 Å². The molecule has 2 N–H and O–H groups in total. The van der Waals surface area contributed by atoms with Gasteiger partial charge in [0.15, 0.2) is 11.6 Å². The summed E-state index contributed by atoms with van der Waals surface area (Å²) in [6.07, 6.45) is 2.09. The first-order valence-electron chi connectivity index (χ1n) is 6.82. The second kappa shape index (κ2) is 4.91. The number of hydrogen-bond acceptors (Lipinski definition) is 2. The monoisotopic (exact) mass is 271 g/mol. The van der Waals surface area contributed by atoms with Gasteiger partial charge >= 0.3 is 0 Å². The van der Waals surface area contributed by atoms with Crippen molar-refractivity contribution < 1.29 is 9.13 Å². The summed E-state index contributed by atoms with van der Waals surface area (Å²) >= 11 is 0. The van der Waals surface area contributed by atoms with E-state index in [1.54, 1.807) is 6.07 Å². The van der Waals surface area contributed by atoms with Gasteiger partial charge in [-0.15, -0.1) is 0 Å². The Bertz CT molecular complexity index is 608. The Balaban J connectivity index is 1.93. The Hall–Kier alpha value is -1.87. The first kappa shape index (κ1) is 13.1. The van der Waals surface area contributed by atoms with Crippen molar-refractivity contribution in [1.29, 1.82) is 0 Å². The van der Waals surface area contributed by atoms with Gasteiger partial charge in [0, 0.05) is 11.5 Å². The maximum absolute atomic E-state index is 13.8. The molecule has 1 saturated carbocycles. The highest BCUT2D eigenvalue weighted by Crippen LogP contribution is 2.55. The molecule has 3 rings (SSSR count). The zero-order valence-corrected chi connectivity index (χ0v) is 11.5. The van der Waals surface area contributed by atoms with Crippen LogP contribution in [-0.2, 0) is 5.41 Å². The summed E-state index contributed by atoms with van der Waals surface area (Å²) < 4.78 is 18.8. The van der Waals surface area contributed by atoms with Crippen LogP contribution >= 0.6 is 0 Å². The van der Waals surface area contributed by atoms with Crippen LogP contribution in [0.25, 0.3) is 0 Å². The number of nitrogens with two attached hydrogens (primary N) is 1. The molecule has 104 valence electrons. The van der Waals surface area contributed by atoms with E-state index >= 15 is 0 Å². The molecule has 3 heteroatoms. The molecule has 20 heavy (non-hydrogen) atoms. The van der Waals surface area contributed by atoms with E-state index in [1.165, 1.54) is 18.7 Å². The van der Waals surface area contributed by atoms with Gasteiger partial charge < -0.3 is 10.5 Å². The van der Waals surface area contributed by atoms with Crippen molar-refractivity contribution in [2.75, 3.05) is 7.11 Å². The Kier molecular flexibility index (Phi) is 3.22. The van der Waals surface area contributed by atoms with E-state index in [0.717, 1.165) is 18.4 Å². The van der Waals surface area contributed by atoms with E-state index in [4.69, 9.17) is 10.5 Å². The van der Waals surface area contributed by atoms with Crippen LogP contribution in [0.3, 0.4) is 0 Å². The van der Waals surface area contributed by atoms with Crippen molar-refractivity contribution in [3.8, 4) is 5.75 Å². The minimum absolute atomic E-state index is 0.0394. The van der Waals surface area contributed by atoms with Gasteiger partial charge in [-0.05, 0) is 36.1 Å². The second-order valence-electron chi connectivity index (χ2n) is 5.39. The summed E-state index contributed by atoms with van der Waals surface area (Å²) in [5.41, 5.74) is 8.44. The topological polar surface area (TPSA) is 35.2 Å². The van der Waals surface area contributed by atoms with Gasteiger partial charge in [0.05, 0.1) is 7.11 Å². The number of halogens is 1. The first-order chi connectivity index (χ1) is 9.67. The summed E-state index contributed by atoms with van der Waals surface area (Å²) in [4.78, 5) is 0. The van der Waals surface area contributed by atoms with Crippen LogP contribution in [0.4, 0.5) is 4.39 Å². The predicted molar refractivity (Wildman–Crippen MR) is 77.2 cm³/mol. The quantitative estimate of drug-likeness (QED) is 0.922. The molecule has 1 atom stereocenters. The van der Waals surface area contributed by atoms with Crippen LogP contribution < -0.4 is 10.5 Å². The van der Waals surface area contributed by atoms with Gasteiger partial charge in [-0.1, -0.05) is 36.4 Å². The highest BCUT2D eigenvalue weighted by atomic mass is 19.1. The molecular weight excluding hydrogens is 253 g/mol. The van der Waals surface area contributed by atoms with E-state index in [0.29, 0.717) is 0 Å². The average molecular weight is 271 g/mol. The molecule has 0 bridgehead atoms. The summed E-state index contributed by atoms with van der Waals surface area (Å²) in [7, 11) is 1.46. The van der Waals surface area contributed by atoms with Crippen molar-refractivity contribution in [1.82, 2.24) is 0 Å². The molecule has 0 heterocycles. The Morgan fingerprint density at radius 2 is 1.85 bits per heavy atom. The standard InChI is InChI=1S/C17H18FNO/c1-20-15-8-7-12(11-14(15)18)16(19)17(9-10-17)13-5-3-2-4-6-13/h2-8,11,16H,9-10,19H2,1H3. The van der Waals surface area contributed by atoms with Crippen LogP contribution in [0.1, 0.15) is 30.0 Å². The molecule has 0 spiro atoms. The van der Waals surface area contributed by atoms with Crippen LogP contribution in [0.15, 0.2) is 48.5 Å². The largest absolute Gasteiger partial charge is 0.494 e.